The third kappa shape index (κ3) is 1.44. The molecule has 2 aromatic rings. The molecular weight excluding hydrogens is 208 g/mol. The van der Waals surface area contributed by atoms with E-state index in [0.29, 0.717) is 18.2 Å². The number of fused-ring (bicyclic) bond motifs is 1. The Balaban J connectivity index is 1.88. The van der Waals surface area contributed by atoms with Gasteiger partial charge in [0.05, 0.1) is 0 Å². The third-order valence-corrected chi connectivity index (χ3v) is 2.33. The summed E-state index contributed by atoms with van der Waals surface area (Å²) in [5.74, 6) is 2.23. The van der Waals surface area contributed by atoms with Gasteiger partial charge in [0.25, 0.3) is 0 Å². The summed E-state index contributed by atoms with van der Waals surface area (Å²) >= 11 is 0. The lowest BCUT2D eigenvalue weighted by Gasteiger charge is -2.24. The van der Waals surface area contributed by atoms with Gasteiger partial charge in [0.1, 0.15) is 6.61 Å². The summed E-state index contributed by atoms with van der Waals surface area (Å²) in [7, 11) is 0. The number of nitrogens with one attached hydrogen (secondary N) is 1. The topological polar surface area (TPSA) is 86.0 Å². The second-order valence-corrected chi connectivity index (χ2v) is 3.44. The monoisotopic (exact) mass is 218 g/mol. The Kier molecular flexibility index (Phi) is 1.92. The number of anilines is 1. The van der Waals surface area contributed by atoms with Crippen LogP contribution in [0.2, 0.25) is 0 Å². The molecule has 0 aliphatic carbocycles. The van der Waals surface area contributed by atoms with Crippen molar-refractivity contribution in [3.05, 3.63) is 30.1 Å². The van der Waals surface area contributed by atoms with Crippen LogP contribution in [-0.2, 0) is 0 Å². The van der Waals surface area contributed by atoms with Crippen LogP contribution in [-0.4, -0.2) is 21.8 Å². The molecule has 1 aliphatic rings. The zero-order chi connectivity index (χ0) is 11.0. The first-order chi connectivity index (χ1) is 7.83. The van der Waals surface area contributed by atoms with Crippen molar-refractivity contribution in [2.75, 3.05) is 12.3 Å². The number of para-hydroxylation sites is 2. The van der Waals surface area contributed by atoms with Crippen LogP contribution in [0.1, 0.15) is 11.9 Å². The number of hydrogen-bond donors (Lipinski definition) is 2. The van der Waals surface area contributed by atoms with Gasteiger partial charge < -0.3 is 15.2 Å². The van der Waals surface area contributed by atoms with Crippen LogP contribution in [0, 0.1) is 0 Å². The fourth-order valence-electron chi connectivity index (χ4n) is 1.59. The van der Waals surface area contributed by atoms with Gasteiger partial charge in [0.15, 0.2) is 23.4 Å². The summed E-state index contributed by atoms with van der Waals surface area (Å²) in [6.45, 7) is 0.394. The standard InChI is InChI=1S/C10H10N4O2/c11-10-12-9(13-14-10)8-5-15-6-3-1-2-4-7(6)16-8/h1-4,8H,5H2,(H3,11,12,13,14)/t8-/m0/s1. The van der Waals surface area contributed by atoms with E-state index in [1.165, 1.54) is 0 Å². The molecule has 1 aromatic heterocycles. The number of aromatic nitrogens is 3. The quantitative estimate of drug-likeness (QED) is 0.742. The first kappa shape index (κ1) is 9.02. The van der Waals surface area contributed by atoms with Gasteiger partial charge >= 0.3 is 0 Å². The highest BCUT2D eigenvalue weighted by atomic mass is 16.6. The summed E-state index contributed by atoms with van der Waals surface area (Å²) in [4.78, 5) is 4.01. The number of nitrogens with two attached hydrogens (primary N) is 1. The Morgan fingerprint density at radius 3 is 2.88 bits per heavy atom. The van der Waals surface area contributed by atoms with E-state index in [0.717, 1.165) is 5.75 Å². The predicted octanol–water partition coefficient (Wildman–Crippen LogP) is 0.899. The number of aromatic amines is 1. The van der Waals surface area contributed by atoms with Crippen LogP contribution >= 0.6 is 0 Å². The molecule has 0 spiro atoms. The fourth-order valence-corrected chi connectivity index (χ4v) is 1.59. The molecule has 0 radical (unpaired) electrons. The number of nitrogen functional groups attached to an aromatic ring is 1. The van der Waals surface area contributed by atoms with Crippen molar-refractivity contribution in [3.63, 3.8) is 0 Å². The van der Waals surface area contributed by atoms with Crippen molar-refractivity contribution >= 4 is 5.95 Å². The highest BCUT2D eigenvalue weighted by Gasteiger charge is 2.24. The number of benzene rings is 1. The smallest absolute Gasteiger partial charge is 0.239 e. The molecule has 1 aromatic carbocycles. The number of ether oxygens (including phenoxy) is 2. The van der Waals surface area contributed by atoms with Crippen LogP contribution in [0.5, 0.6) is 11.5 Å². The predicted molar refractivity (Wildman–Crippen MR) is 56.1 cm³/mol. The summed E-state index contributed by atoms with van der Waals surface area (Å²) in [5, 5.41) is 6.47. The van der Waals surface area contributed by atoms with Crippen LogP contribution in [0.3, 0.4) is 0 Å². The van der Waals surface area contributed by atoms with Crippen LogP contribution < -0.4 is 15.2 Å². The minimum absolute atomic E-state index is 0.206. The molecule has 1 atom stereocenters. The molecule has 82 valence electrons. The minimum Gasteiger partial charge on any atom is -0.485 e. The summed E-state index contributed by atoms with van der Waals surface area (Å²) < 4.78 is 11.3. The van der Waals surface area contributed by atoms with Gasteiger partial charge in [0, 0.05) is 0 Å². The lowest BCUT2D eigenvalue weighted by atomic mass is 10.2. The Morgan fingerprint density at radius 1 is 1.31 bits per heavy atom. The molecule has 3 rings (SSSR count). The second-order valence-electron chi connectivity index (χ2n) is 3.44. The van der Waals surface area contributed by atoms with Gasteiger partial charge in [-0.3, -0.25) is 5.10 Å². The molecule has 6 nitrogen and oxygen atoms in total. The first-order valence-corrected chi connectivity index (χ1v) is 4.89. The van der Waals surface area contributed by atoms with E-state index in [9.17, 15) is 0 Å². The Morgan fingerprint density at radius 2 is 2.12 bits per heavy atom. The molecule has 6 heteroatoms. The number of nitrogens with zero attached hydrogens (tertiary/aromatic N) is 2. The molecule has 0 unspecified atom stereocenters. The molecule has 3 N–H and O–H groups in total. The number of H-pyrrole nitrogens is 1. The average Bonchev–Trinajstić information content (AvgIpc) is 2.75. The Bertz CT molecular complexity index is 511. The van der Waals surface area contributed by atoms with Crippen molar-refractivity contribution in [1.29, 1.82) is 0 Å². The molecule has 1 aliphatic heterocycles. The molecule has 2 heterocycles. The van der Waals surface area contributed by atoms with Gasteiger partial charge in [-0.05, 0) is 12.1 Å². The van der Waals surface area contributed by atoms with Crippen molar-refractivity contribution < 1.29 is 9.47 Å². The first-order valence-electron chi connectivity index (χ1n) is 4.89. The highest BCUT2D eigenvalue weighted by molar-refractivity contribution is 5.41. The van der Waals surface area contributed by atoms with Crippen molar-refractivity contribution in [3.8, 4) is 11.5 Å². The van der Waals surface area contributed by atoms with Gasteiger partial charge in [-0.1, -0.05) is 12.1 Å². The third-order valence-electron chi connectivity index (χ3n) is 2.33. The van der Waals surface area contributed by atoms with E-state index in [2.05, 4.69) is 15.2 Å². The molecule has 0 saturated carbocycles. The number of rotatable bonds is 1. The van der Waals surface area contributed by atoms with Crippen LogP contribution in [0.15, 0.2) is 24.3 Å². The molecule has 0 amide bonds. The SMILES string of the molecule is Nc1n[nH]c([C@@H]2COc3ccccc3O2)n1. The van der Waals surface area contributed by atoms with E-state index in [4.69, 9.17) is 15.2 Å². The molecule has 0 saturated heterocycles. The van der Waals surface area contributed by atoms with Crippen LogP contribution in [0.4, 0.5) is 5.95 Å². The van der Waals surface area contributed by atoms with Crippen LogP contribution in [0.25, 0.3) is 0 Å². The summed E-state index contributed by atoms with van der Waals surface area (Å²) in [6, 6.07) is 7.50. The van der Waals surface area contributed by atoms with E-state index >= 15 is 0 Å². The Hall–Kier alpha value is -2.24. The maximum Gasteiger partial charge on any atom is 0.239 e. The normalized spacial score (nSPS) is 18.4. The zero-order valence-corrected chi connectivity index (χ0v) is 8.38. The number of hydrogen-bond acceptors (Lipinski definition) is 5. The molecular formula is C10H10N4O2. The maximum atomic E-state index is 5.72. The van der Waals surface area contributed by atoms with Gasteiger partial charge in [-0.25, -0.2) is 0 Å². The van der Waals surface area contributed by atoms with Gasteiger partial charge in [-0.2, -0.15) is 4.98 Å². The average molecular weight is 218 g/mol. The largest absolute Gasteiger partial charge is 0.485 e. The highest BCUT2D eigenvalue weighted by Crippen LogP contribution is 2.34. The van der Waals surface area contributed by atoms with E-state index in [1.54, 1.807) is 0 Å². The lowest BCUT2D eigenvalue weighted by Crippen LogP contribution is -2.22. The van der Waals surface area contributed by atoms with Crippen molar-refractivity contribution in [2.24, 2.45) is 0 Å². The summed E-state index contributed by atoms with van der Waals surface area (Å²) in [6.07, 6.45) is -0.292. The maximum absolute atomic E-state index is 5.72. The zero-order valence-electron chi connectivity index (χ0n) is 8.38. The van der Waals surface area contributed by atoms with Crippen molar-refractivity contribution in [2.45, 2.75) is 6.10 Å². The lowest BCUT2D eigenvalue weighted by molar-refractivity contribution is 0.0854. The second kappa shape index (κ2) is 3.41. The van der Waals surface area contributed by atoms with E-state index in [1.807, 2.05) is 24.3 Å². The Labute approximate surface area is 91.4 Å². The fraction of sp³-hybridized carbons (Fsp3) is 0.200. The molecule has 0 fully saturated rings. The van der Waals surface area contributed by atoms with Gasteiger partial charge in [-0.15, -0.1) is 5.10 Å². The van der Waals surface area contributed by atoms with E-state index < -0.39 is 0 Å². The van der Waals surface area contributed by atoms with E-state index in [-0.39, 0.29) is 12.1 Å². The molecule has 16 heavy (non-hydrogen) atoms. The summed E-state index contributed by atoms with van der Waals surface area (Å²) in [5.41, 5.74) is 5.43. The minimum atomic E-state index is -0.292. The van der Waals surface area contributed by atoms with Gasteiger partial charge in [0.2, 0.25) is 5.95 Å². The molecule has 0 bridgehead atoms. The van der Waals surface area contributed by atoms with Crippen molar-refractivity contribution in [1.82, 2.24) is 15.2 Å².